The molecule has 0 radical (unpaired) electrons. The van der Waals surface area contributed by atoms with Crippen LogP contribution in [0.15, 0.2) is 4.99 Å². The first-order valence-electron chi connectivity index (χ1n) is 9.01. The summed E-state index contributed by atoms with van der Waals surface area (Å²) in [7, 11) is 2.16. The molecule has 1 atom stereocenters. The number of nitrogens with one attached hydrogen (secondary N) is 2. The van der Waals surface area contributed by atoms with Gasteiger partial charge in [0.2, 0.25) is 0 Å². The molecule has 2 aliphatic heterocycles. The van der Waals surface area contributed by atoms with Gasteiger partial charge in [0.25, 0.3) is 0 Å². The van der Waals surface area contributed by atoms with Crippen LogP contribution in [0.5, 0.6) is 0 Å². The van der Waals surface area contributed by atoms with Gasteiger partial charge in [-0.05, 0) is 54.1 Å². The molecule has 8 heteroatoms. The van der Waals surface area contributed by atoms with Crippen LogP contribution < -0.4 is 10.6 Å². The highest BCUT2D eigenvalue weighted by atomic mass is 127. The number of likely N-dealkylation sites (tertiary alicyclic amines) is 2. The van der Waals surface area contributed by atoms with E-state index in [1.54, 1.807) is 4.90 Å². The molecule has 25 heavy (non-hydrogen) atoms. The second-order valence-electron chi connectivity index (χ2n) is 7.72. The second kappa shape index (κ2) is 9.80. The van der Waals surface area contributed by atoms with E-state index in [9.17, 15) is 4.79 Å². The van der Waals surface area contributed by atoms with Crippen LogP contribution in [0, 0.1) is 0 Å². The molecule has 2 saturated heterocycles. The van der Waals surface area contributed by atoms with Crippen LogP contribution in [-0.2, 0) is 4.74 Å². The van der Waals surface area contributed by atoms with Gasteiger partial charge in [-0.1, -0.05) is 0 Å². The van der Waals surface area contributed by atoms with Crippen molar-refractivity contribution in [3.63, 3.8) is 0 Å². The van der Waals surface area contributed by atoms with Gasteiger partial charge in [0.15, 0.2) is 5.96 Å². The standard InChI is InChI=1S/C17H33N5O2.HI/c1-6-18-15(19-10-14-8-7-9-21(14)5)20-13-11-22(12-13)16(23)24-17(2,3)4;/h13-14H,6-12H2,1-5H3,(H2,18,19,20);1H. The van der Waals surface area contributed by atoms with Crippen LogP contribution in [0.3, 0.4) is 0 Å². The first-order valence-corrected chi connectivity index (χ1v) is 9.01. The molecule has 0 saturated carbocycles. The van der Waals surface area contributed by atoms with Crippen molar-refractivity contribution in [1.82, 2.24) is 20.4 Å². The lowest BCUT2D eigenvalue weighted by Crippen LogP contribution is -2.63. The van der Waals surface area contributed by atoms with Gasteiger partial charge in [-0.2, -0.15) is 0 Å². The maximum Gasteiger partial charge on any atom is 0.410 e. The molecule has 0 aromatic rings. The summed E-state index contributed by atoms with van der Waals surface area (Å²) in [5.74, 6) is 0.839. The summed E-state index contributed by atoms with van der Waals surface area (Å²) in [4.78, 5) is 20.8. The Hall–Kier alpha value is -0.770. The molecule has 0 spiro atoms. The Morgan fingerprint density at radius 2 is 2.00 bits per heavy atom. The van der Waals surface area contributed by atoms with Gasteiger partial charge in [0, 0.05) is 25.7 Å². The minimum absolute atomic E-state index is 0. The molecule has 2 fully saturated rings. The molecule has 2 rings (SSSR count). The van der Waals surface area contributed by atoms with E-state index in [0.717, 1.165) is 25.6 Å². The quantitative estimate of drug-likeness (QED) is 0.376. The Kier molecular flexibility index (Phi) is 8.73. The summed E-state index contributed by atoms with van der Waals surface area (Å²) in [5.41, 5.74) is -0.445. The fraction of sp³-hybridized carbons (Fsp3) is 0.882. The Balaban J connectivity index is 0.00000312. The molecule has 7 nitrogen and oxygen atoms in total. The maximum absolute atomic E-state index is 12.0. The third-order valence-electron chi connectivity index (χ3n) is 4.35. The predicted octanol–water partition coefficient (Wildman–Crippen LogP) is 1.87. The van der Waals surface area contributed by atoms with Gasteiger partial charge in [-0.3, -0.25) is 4.99 Å². The Labute approximate surface area is 169 Å². The van der Waals surface area contributed by atoms with Gasteiger partial charge in [-0.15, -0.1) is 24.0 Å². The summed E-state index contributed by atoms with van der Waals surface area (Å²) in [6.45, 7) is 11.8. The van der Waals surface area contributed by atoms with Gasteiger partial charge in [0.05, 0.1) is 12.6 Å². The lowest BCUT2D eigenvalue weighted by molar-refractivity contribution is 0.00700. The number of carbonyl (C=O) groups is 1. The van der Waals surface area contributed by atoms with Crippen LogP contribution in [0.25, 0.3) is 0 Å². The topological polar surface area (TPSA) is 69.2 Å². The highest BCUT2D eigenvalue weighted by Gasteiger charge is 2.34. The van der Waals surface area contributed by atoms with Crippen molar-refractivity contribution < 1.29 is 9.53 Å². The Morgan fingerprint density at radius 3 is 2.52 bits per heavy atom. The van der Waals surface area contributed by atoms with E-state index in [4.69, 9.17) is 9.73 Å². The lowest BCUT2D eigenvalue weighted by atomic mass is 10.1. The largest absolute Gasteiger partial charge is 0.444 e. The summed E-state index contributed by atoms with van der Waals surface area (Å²) in [6.07, 6.45) is 2.23. The smallest absolute Gasteiger partial charge is 0.410 e. The molecular weight excluding hydrogens is 433 g/mol. The van der Waals surface area contributed by atoms with Crippen molar-refractivity contribution in [1.29, 1.82) is 0 Å². The van der Waals surface area contributed by atoms with Crippen molar-refractivity contribution >= 4 is 36.0 Å². The van der Waals surface area contributed by atoms with Crippen molar-refractivity contribution in [2.75, 3.05) is 39.8 Å². The third kappa shape index (κ3) is 7.16. The monoisotopic (exact) mass is 467 g/mol. The second-order valence-corrected chi connectivity index (χ2v) is 7.72. The number of hydrogen-bond acceptors (Lipinski definition) is 4. The number of halogens is 1. The van der Waals surface area contributed by atoms with Gasteiger partial charge in [-0.25, -0.2) is 4.79 Å². The summed E-state index contributed by atoms with van der Waals surface area (Å²) >= 11 is 0. The highest BCUT2D eigenvalue weighted by Crippen LogP contribution is 2.16. The van der Waals surface area contributed by atoms with Crippen LogP contribution in [0.1, 0.15) is 40.5 Å². The average Bonchev–Trinajstić information content (AvgIpc) is 2.82. The summed E-state index contributed by atoms with van der Waals surface area (Å²) in [5, 5.41) is 6.70. The molecule has 2 heterocycles. The van der Waals surface area contributed by atoms with Crippen molar-refractivity contribution in [3.05, 3.63) is 0 Å². The minimum Gasteiger partial charge on any atom is -0.444 e. The molecule has 1 unspecified atom stereocenters. The highest BCUT2D eigenvalue weighted by molar-refractivity contribution is 14.0. The number of guanidine groups is 1. The van der Waals surface area contributed by atoms with E-state index in [1.165, 1.54) is 12.8 Å². The van der Waals surface area contributed by atoms with Crippen molar-refractivity contribution in [2.45, 2.75) is 58.2 Å². The van der Waals surface area contributed by atoms with E-state index < -0.39 is 5.60 Å². The molecule has 0 bridgehead atoms. The number of amides is 1. The number of nitrogens with zero attached hydrogens (tertiary/aromatic N) is 3. The third-order valence-corrected chi connectivity index (χ3v) is 4.35. The maximum atomic E-state index is 12.0. The first-order chi connectivity index (χ1) is 11.3. The zero-order chi connectivity index (χ0) is 17.7. The van der Waals surface area contributed by atoms with Crippen LogP contribution >= 0.6 is 24.0 Å². The lowest BCUT2D eigenvalue weighted by Gasteiger charge is -2.40. The van der Waals surface area contributed by atoms with Gasteiger partial charge < -0.3 is 25.2 Å². The first kappa shape index (κ1) is 22.3. The zero-order valence-electron chi connectivity index (χ0n) is 16.2. The minimum atomic E-state index is -0.445. The molecule has 1 amide bonds. The Morgan fingerprint density at radius 1 is 1.32 bits per heavy atom. The van der Waals surface area contributed by atoms with E-state index >= 15 is 0 Å². The molecular formula is C17H34IN5O2. The van der Waals surface area contributed by atoms with E-state index in [2.05, 4.69) is 29.5 Å². The zero-order valence-corrected chi connectivity index (χ0v) is 18.5. The van der Waals surface area contributed by atoms with Crippen LogP contribution in [-0.4, -0.2) is 79.3 Å². The molecule has 146 valence electrons. The number of likely N-dealkylation sites (N-methyl/N-ethyl adjacent to an activating group) is 1. The fourth-order valence-corrected chi connectivity index (χ4v) is 2.97. The fourth-order valence-electron chi connectivity index (χ4n) is 2.97. The Bertz CT molecular complexity index is 460. The SMILES string of the molecule is CCNC(=NCC1CCCN1C)NC1CN(C(=O)OC(C)(C)C)C1.I. The molecule has 0 aromatic heterocycles. The average molecular weight is 467 g/mol. The number of aliphatic imine (C=N–C) groups is 1. The predicted molar refractivity (Wildman–Crippen MR) is 112 cm³/mol. The number of ether oxygens (including phenoxy) is 1. The summed E-state index contributed by atoms with van der Waals surface area (Å²) in [6, 6.07) is 0.775. The number of rotatable bonds is 4. The van der Waals surface area contributed by atoms with Crippen LogP contribution in [0.4, 0.5) is 4.79 Å². The van der Waals surface area contributed by atoms with Crippen molar-refractivity contribution in [3.8, 4) is 0 Å². The molecule has 0 aromatic carbocycles. The number of carbonyl (C=O) groups excluding carboxylic acids is 1. The molecule has 0 aliphatic carbocycles. The van der Waals surface area contributed by atoms with Crippen molar-refractivity contribution in [2.24, 2.45) is 4.99 Å². The summed E-state index contributed by atoms with van der Waals surface area (Å²) < 4.78 is 5.38. The van der Waals surface area contributed by atoms with Gasteiger partial charge in [0.1, 0.15) is 5.60 Å². The molecule has 2 N–H and O–H groups in total. The van der Waals surface area contributed by atoms with Crippen LogP contribution in [0.2, 0.25) is 0 Å². The molecule has 2 aliphatic rings. The van der Waals surface area contributed by atoms with Gasteiger partial charge >= 0.3 is 6.09 Å². The van der Waals surface area contributed by atoms with E-state index in [1.807, 2.05) is 20.8 Å². The normalized spacial score (nSPS) is 22.2. The number of hydrogen-bond donors (Lipinski definition) is 2. The van der Waals surface area contributed by atoms with E-state index in [-0.39, 0.29) is 36.1 Å². The van der Waals surface area contributed by atoms with E-state index in [0.29, 0.717) is 19.1 Å².